The summed E-state index contributed by atoms with van der Waals surface area (Å²) in [6.07, 6.45) is 0. The molecular weight excluding hydrogens is 336 g/mol. The molecule has 0 aliphatic heterocycles. The van der Waals surface area contributed by atoms with Gasteiger partial charge in [-0.3, -0.25) is 0 Å². The minimum Gasteiger partial charge on any atom is -0.505 e. The average Bonchev–Trinajstić information content (AvgIpc) is 2.57. The number of pyridine rings is 1. The lowest BCUT2D eigenvalue weighted by Gasteiger charge is -2.14. The van der Waals surface area contributed by atoms with Gasteiger partial charge in [0, 0.05) is 27.1 Å². The highest BCUT2D eigenvalue weighted by atomic mass is 32.2. The van der Waals surface area contributed by atoms with Gasteiger partial charge in [-0.05, 0) is 44.4 Å². The molecule has 0 fully saturated rings. The third-order valence-corrected chi connectivity index (χ3v) is 4.67. The van der Waals surface area contributed by atoms with E-state index in [2.05, 4.69) is 4.98 Å². The zero-order valence-electron chi connectivity index (χ0n) is 13.9. The molecule has 0 amide bonds. The van der Waals surface area contributed by atoms with Crippen molar-refractivity contribution in [2.45, 2.75) is 16.3 Å². The van der Waals surface area contributed by atoms with Gasteiger partial charge >= 0.3 is 5.97 Å². The Morgan fingerprint density at radius 1 is 1.08 bits per heavy atom. The zero-order chi connectivity index (χ0) is 18.0. The molecule has 6 heteroatoms. The Labute approximate surface area is 149 Å². The molecular formula is C19H18N2O3S. The molecule has 0 atom stereocenters. The molecule has 1 aromatic heterocycles. The Bertz CT molecular complexity index is 927. The second-order valence-corrected chi connectivity index (χ2v) is 7.07. The summed E-state index contributed by atoms with van der Waals surface area (Å²) < 4.78 is 0. The van der Waals surface area contributed by atoms with Crippen molar-refractivity contribution in [3.63, 3.8) is 0 Å². The number of aromatic carboxylic acids is 1. The first-order valence-corrected chi connectivity index (χ1v) is 8.54. The standard InChI is InChI=1S/C19H18N2O3S/c1-21(2)11-16-15-10-13(25-12-6-4-3-5-7-12)8-9-14(15)18(22)17(20-16)19(23)24/h3-10,22H,11H2,1-2H3,(H,23,24). The van der Waals surface area contributed by atoms with Gasteiger partial charge in [0.05, 0.1) is 5.69 Å². The smallest absolute Gasteiger partial charge is 0.358 e. The summed E-state index contributed by atoms with van der Waals surface area (Å²) in [5.41, 5.74) is 0.318. The van der Waals surface area contributed by atoms with E-state index in [9.17, 15) is 15.0 Å². The highest BCUT2D eigenvalue weighted by molar-refractivity contribution is 7.99. The minimum absolute atomic E-state index is 0.290. The monoisotopic (exact) mass is 354 g/mol. The van der Waals surface area contributed by atoms with Crippen LogP contribution in [0.4, 0.5) is 0 Å². The van der Waals surface area contributed by atoms with Gasteiger partial charge in [0.1, 0.15) is 0 Å². The van der Waals surface area contributed by atoms with Gasteiger partial charge in [0.15, 0.2) is 11.4 Å². The van der Waals surface area contributed by atoms with Gasteiger partial charge in [-0.25, -0.2) is 9.78 Å². The molecule has 25 heavy (non-hydrogen) atoms. The van der Waals surface area contributed by atoms with E-state index in [1.807, 2.05) is 61.5 Å². The third-order valence-electron chi connectivity index (χ3n) is 3.68. The van der Waals surface area contributed by atoms with Crippen molar-refractivity contribution >= 4 is 28.5 Å². The first kappa shape index (κ1) is 17.3. The lowest BCUT2D eigenvalue weighted by Crippen LogP contribution is -2.14. The van der Waals surface area contributed by atoms with Crippen LogP contribution < -0.4 is 0 Å². The van der Waals surface area contributed by atoms with E-state index in [0.717, 1.165) is 15.2 Å². The molecule has 0 aliphatic carbocycles. The Hall–Kier alpha value is -2.57. The minimum atomic E-state index is -1.23. The number of carboxylic acid groups (broad SMARTS) is 1. The van der Waals surface area contributed by atoms with Crippen LogP contribution in [0.2, 0.25) is 0 Å². The molecule has 3 rings (SSSR count). The quantitative estimate of drug-likeness (QED) is 0.725. The highest BCUT2D eigenvalue weighted by Gasteiger charge is 2.19. The van der Waals surface area contributed by atoms with E-state index < -0.39 is 5.97 Å². The summed E-state index contributed by atoms with van der Waals surface area (Å²) in [7, 11) is 3.78. The molecule has 0 radical (unpaired) electrons. The summed E-state index contributed by atoms with van der Waals surface area (Å²) in [5, 5.41) is 20.9. The molecule has 128 valence electrons. The van der Waals surface area contributed by atoms with Crippen molar-refractivity contribution in [1.82, 2.24) is 9.88 Å². The number of hydrogen-bond acceptors (Lipinski definition) is 5. The SMILES string of the molecule is CN(C)Cc1nc(C(=O)O)c(O)c2ccc(Sc3ccccc3)cc12. The van der Waals surface area contributed by atoms with E-state index in [-0.39, 0.29) is 11.4 Å². The van der Waals surface area contributed by atoms with Crippen LogP contribution in [0.3, 0.4) is 0 Å². The number of carboxylic acids is 1. The maximum Gasteiger partial charge on any atom is 0.358 e. The molecule has 0 saturated heterocycles. The molecule has 5 nitrogen and oxygen atoms in total. The third kappa shape index (κ3) is 3.75. The van der Waals surface area contributed by atoms with Crippen LogP contribution in [0.15, 0.2) is 58.3 Å². The van der Waals surface area contributed by atoms with Crippen LogP contribution in [0.25, 0.3) is 10.8 Å². The van der Waals surface area contributed by atoms with Crippen molar-refractivity contribution in [2.75, 3.05) is 14.1 Å². The average molecular weight is 354 g/mol. The lowest BCUT2D eigenvalue weighted by atomic mass is 10.1. The molecule has 2 aromatic carbocycles. The number of aromatic hydroxyl groups is 1. The highest BCUT2D eigenvalue weighted by Crippen LogP contribution is 2.35. The number of hydrogen-bond donors (Lipinski definition) is 2. The molecule has 3 aromatic rings. The van der Waals surface area contributed by atoms with Crippen molar-refractivity contribution in [3.8, 4) is 5.75 Å². The summed E-state index contributed by atoms with van der Waals surface area (Å²) in [6.45, 7) is 0.483. The topological polar surface area (TPSA) is 73.7 Å². The zero-order valence-corrected chi connectivity index (χ0v) is 14.7. The molecule has 0 bridgehead atoms. The predicted molar refractivity (Wildman–Crippen MR) is 98.3 cm³/mol. The first-order chi connectivity index (χ1) is 12.0. The predicted octanol–water partition coefficient (Wildman–Crippen LogP) is 3.85. The second kappa shape index (κ2) is 7.13. The lowest BCUT2D eigenvalue weighted by molar-refractivity contribution is 0.0687. The van der Waals surface area contributed by atoms with Gasteiger partial charge in [0.2, 0.25) is 0 Å². The van der Waals surface area contributed by atoms with E-state index >= 15 is 0 Å². The largest absolute Gasteiger partial charge is 0.505 e. The Balaban J connectivity index is 2.13. The summed E-state index contributed by atoms with van der Waals surface area (Å²) in [4.78, 5) is 19.6. The Kier molecular flexibility index (Phi) is 4.92. The van der Waals surface area contributed by atoms with Crippen LogP contribution >= 0.6 is 11.8 Å². The maximum absolute atomic E-state index is 11.4. The van der Waals surface area contributed by atoms with Gasteiger partial charge in [-0.15, -0.1) is 0 Å². The fourth-order valence-corrected chi connectivity index (χ4v) is 3.48. The second-order valence-electron chi connectivity index (χ2n) is 5.92. The van der Waals surface area contributed by atoms with Gasteiger partial charge in [-0.1, -0.05) is 30.0 Å². The van der Waals surface area contributed by atoms with E-state index in [0.29, 0.717) is 17.6 Å². The van der Waals surface area contributed by atoms with Crippen molar-refractivity contribution < 1.29 is 15.0 Å². The fraction of sp³-hybridized carbons (Fsp3) is 0.158. The molecule has 0 unspecified atom stereocenters. The van der Waals surface area contributed by atoms with E-state index in [1.165, 1.54) is 0 Å². The van der Waals surface area contributed by atoms with Crippen LogP contribution in [-0.4, -0.2) is 40.2 Å². The normalized spacial score (nSPS) is 11.2. The summed E-state index contributed by atoms with van der Waals surface area (Å²) >= 11 is 1.61. The number of carbonyl (C=O) groups is 1. The van der Waals surface area contributed by atoms with Crippen LogP contribution in [0.5, 0.6) is 5.75 Å². The number of fused-ring (bicyclic) bond motifs is 1. The number of rotatable bonds is 5. The summed E-state index contributed by atoms with van der Waals surface area (Å²) in [6, 6.07) is 15.6. The summed E-state index contributed by atoms with van der Waals surface area (Å²) in [5.74, 6) is -1.52. The van der Waals surface area contributed by atoms with Crippen molar-refractivity contribution in [2.24, 2.45) is 0 Å². The maximum atomic E-state index is 11.4. The Morgan fingerprint density at radius 2 is 1.80 bits per heavy atom. The molecule has 1 heterocycles. The molecule has 0 saturated carbocycles. The fourth-order valence-electron chi connectivity index (χ4n) is 2.60. The van der Waals surface area contributed by atoms with Crippen LogP contribution in [0.1, 0.15) is 16.2 Å². The van der Waals surface area contributed by atoms with Gasteiger partial charge in [-0.2, -0.15) is 0 Å². The van der Waals surface area contributed by atoms with Crippen LogP contribution in [-0.2, 0) is 6.54 Å². The first-order valence-electron chi connectivity index (χ1n) is 7.72. The number of aromatic nitrogens is 1. The Morgan fingerprint density at radius 3 is 2.44 bits per heavy atom. The van der Waals surface area contributed by atoms with E-state index in [4.69, 9.17) is 0 Å². The van der Waals surface area contributed by atoms with Gasteiger partial charge in [0.25, 0.3) is 0 Å². The molecule has 0 aliphatic rings. The van der Waals surface area contributed by atoms with E-state index in [1.54, 1.807) is 17.8 Å². The van der Waals surface area contributed by atoms with Gasteiger partial charge < -0.3 is 15.1 Å². The van der Waals surface area contributed by atoms with Crippen LogP contribution in [0, 0.1) is 0 Å². The number of benzene rings is 2. The van der Waals surface area contributed by atoms with Crippen molar-refractivity contribution in [3.05, 3.63) is 59.9 Å². The molecule has 2 N–H and O–H groups in total. The van der Waals surface area contributed by atoms with Crippen molar-refractivity contribution in [1.29, 1.82) is 0 Å². The number of nitrogens with zero attached hydrogens (tertiary/aromatic N) is 2. The molecule has 0 spiro atoms.